The molecule has 1 aliphatic rings. The number of rotatable bonds is 2. The minimum atomic E-state index is -0.580. The van der Waals surface area contributed by atoms with Gasteiger partial charge in [-0.3, -0.25) is 0 Å². The van der Waals surface area contributed by atoms with Crippen LogP contribution in [0.1, 0.15) is 25.7 Å². The lowest BCUT2D eigenvalue weighted by Gasteiger charge is -2.27. The van der Waals surface area contributed by atoms with E-state index >= 15 is 0 Å². The first kappa shape index (κ1) is 19.5. The third-order valence-electron chi connectivity index (χ3n) is 2.79. The van der Waals surface area contributed by atoms with E-state index in [9.17, 15) is 9.59 Å². The molecular weight excluding hydrogens is 296 g/mol. The van der Waals surface area contributed by atoms with E-state index in [2.05, 4.69) is 20.4 Å². The molecule has 0 saturated heterocycles. The van der Waals surface area contributed by atoms with Crippen LogP contribution >= 0.6 is 11.6 Å². The standard InChI is InChI=1S/C8H15ClN2O.C5H10N2O2/c1-10-8(12)11-7-5-3-2-4-6(7)9;1-7(2)4-6-5(8)9-3/h6-7H,2-5H2,1H3,(H2,10,11,12);4H,1-3H3. The molecule has 0 heterocycles. The number of urea groups is 1. The molecule has 1 aliphatic carbocycles. The highest BCUT2D eigenvalue weighted by Gasteiger charge is 2.23. The van der Waals surface area contributed by atoms with Gasteiger partial charge in [0.15, 0.2) is 0 Å². The van der Waals surface area contributed by atoms with Crippen LogP contribution in [0.2, 0.25) is 0 Å². The van der Waals surface area contributed by atoms with Crippen LogP contribution in [0.25, 0.3) is 0 Å². The van der Waals surface area contributed by atoms with Crippen LogP contribution in [0.4, 0.5) is 9.59 Å². The van der Waals surface area contributed by atoms with Gasteiger partial charge in [-0.2, -0.15) is 4.99 Å². The van der Waals surface area contributed by atoms with Crippen LogP contribution in [0.3, 0.4) is 0 Å². The van der Waals surface area contributed by atoms with E-state index in [1.165, 1.54) is 19.9 Å². The molecule has 0 aromatic rings. The normalized spacial score (nSPS) is 21.0. The lowest BCUT2D eigenvalue weighted by Crippen LogP contribution is -2.46. The van der Waals surface area contributed by atoms with Crippen molar-refractivity contribution >= 4 is 30.1 Å². The number of amides is 3. The van der Waals surface area contributed by atoms with E-state index in [-0.39, 0.29) is 17.5 Å². The zero-order valence-corrected chi connectivity index (χ0v) is 13.8. The number of ether oxygens (including phenoxy) is 1. The first-order valence-electron chi connectivity index (χ1n) is 6.81. The largest absolute Gasteiger partial charge is 0.451 e. The van der Waals surface area contributed by atoms with Crippen molar-refractivity contribution in [2.24, 2.45) is 4.99 Å². The summed E-state index contributed by atoms with van der Waals surface area (Å²) in [6.07, 6.45) is 5.16. The Morgan fingerprint density at radius 1 is 1.33 bits per heavy atom. The molecule has 122 valence electrons. The maximum atomic E-state index is 10.9. The van der Waals surface area contributed by atoms with E-state index < -0.39 is 6.09 Å². The molecule has 1 saturated carbocycles. The van der Waals surface area contributed by atoms with Crippen molar-refractivity contribution in [3.63, 3.8) is 0 Å². The number of alkyl halides is 1. The highest BCUT2D eigenvalue weighted by Crippen LogP contribution is 2.22. The second kappa shape index (κ2) is 11.2. The summed E-state index contributed by atoms with van der Waals surface area (Å²) < 4.78 is 4.24. The number of hydrogen-bond acceptors (Lipinski definition) is 3. The molecule has 7 nitrogen and oxygen atoms in total. The molecule has 8 heteroatoms. The second-order valence-corrected chi connectivity index (χ2v) is 5.37. The Morgan fingerprint density at radius 3 is 2.43 bits per heavy atom. The van der Waals surface area contributed by atoms with Crippen LogP contribution in [0.15, 0.2) is 4.99 Å². The fraction of sp³-hybridized carbons (Fsp3) is 0.769. The number of carbonyl (C=O) groups is 2. The number of carbonyl (C=O) groups excluding carboxylic acids is 2. The average molecular weight is 321 g/mol. The van der Waals surface area contributed by atoms with E-state index in [1.54, 1.807) is 26.0 Å². The Hall–Kier alpha value is -1.50. The minimum absolute atomic E-state index is 0.107. The van der Waals surface area contributed by atoms with Crippen molar-refractivity contribution in [1.29, 1.82) is 0 Å². The Balaban J connectivity index is 0.000000400. The summed E-state index contributed by atoms with van der Waals surface area (Å²) >= 11 is 6.04. The Kier molecular flexibility index (Phi) is 10.4. The van der Waals surface area contributed by atoms with Gasteiger partial charge in [-0.15, -0.1) is 11.6 Å². The van der Waals surface area contributed by atoms with Crippen molar-refractivity contribution in [2.45, 2.75) is 37.1 Å². The molecule has 3 amide bonds. The third kappa shape index (κ3) is 9.95. The predicted octanol–water partition coefficient (Wildman–Crippen LogP) is 1.81. The van der Waals surface area contributed by atoms with Crippen molar-refractivity contribution in [3.05, 3.63) is 0 Å². The zero-order valence-electron chi connectivity index (χ0n) is 13.1. The Morgan fingerprint density at radius 2 is 1.95 bits per heavy atom. The topological polar surface area (TPSA) is 83.0 Å². The summed E-state index contributed by atoms with van der Waals surface area (Å²) in [6, 6.07) is 0.0212. The number of hydrogen-bond donors (Lipinski definition) is 2. The van der Waals surface area contributed by atoms with Gasteiger partial charge in [-0.25, -0.2) is 9.59 Å². The predicted molar refractivity (Wildman–Crippen MR) is 84.1 cm³/mol. The van der Waals surface area contributed by atoms with E-state index in [1.807, 2.05) is 0 Å². The lowest BCUT2D eigenvalue weighted by atomic mass is 9.95. The van der Waals surface area contributed by atoms with Gasteiger partial charge in [0.2, 0.25) is 0 Å². The molecule has 2 N–H and O–H groups in total. The van der Waals surface area contributed by atoms with Gasteiger partial charge in [0.05, 0.1) is 18.8 Å². The molecule has 0 aromatic carbocycles. The first-order valence-corrected chi connectivity index (χ1v) is 7.25. The number of halogens is 1. The van der Waals surface area contributed by atoms with Crippen LogP contribution in [-0.4, -0.2) is 63.0 Å². The summed E-state index contributed by atoms with van der Waals surface area (Å²) in [5, 5.41) is 5.47. The first-order chi connectivity index (χ1) is 9.90. The van der Waals surface area contributed by atoms with Crippen molar-refractivity contribution < 1.29 is 14.3 Å². The number of aliphatic imine (C=N–C) groups is 1. The Labute approximate surface area is 131 Å². The molecule has 2 atom stereocenters. The van der Waals surface area contributed by atoms with E-state index in [4.69, 9.17) is 11.6 Å². The smallest absolute Gasteiger partial charge is 0.434 e. The van der Waals surface area contributed by atoms with Crippen LogP contribution < -0.4 is 10.6 Å². The maximum absolute atomic E-state index is 10.9. The minimum Gasteiger partial charge on any atom is -0.451 e. The van der Waals surface area contributed by atoms with Crippen molar-refractivity contribution in [1.82, 2.24) is 15.5 Å². The SMILES string of the molecule is CNC(=O)NC1CCCCC1Cl.COC(=O)N=CN(C)C. The van der Waals surface area contributed by atoms with Gasteiger partial charge in [-0.05, 0) is 12.8 Å². The van der Waals surface area contributed by atoms with Crippen molar-refractivity contribution in [3.8, 4) is 0 Å². The summed E-state index contributed by atoms with van der Waals surface area (Å²) in [6.45, 7) is 0. The van der Waals surface area contributed by atoms with Gasteiger partial charge in [0.25, 0.3) is 0 Å². The monoisotopic (exact) mass is 320 g/mol. The number of methoxy groups -OCH3 is 1. The Bertz CT molecular complexity index is 350. The zero-order chi connectivity index (χ0) is 16.3. The van der Waals surface area contributed by atoms with Gasteiger partial charge in [0, 0.05) is 27.2 Å². The number of nitrogens with one attached hydrogen (secondary N) is 2. The molecule has 0 bridgehead atoms. The van der Waals surface area contributed by atoms with Crippen molar-refractivity contribution in [2.75, 3.05) is 28.3 Å². The molecule has 0 spiro atoms. The molecule has 21 heavy (non-hydrogen) atoms. The molecule has 0 aromatic heterocycles. The van der Waals surface area contributed by atoms with Crippen LogP contribution in [0, 0.1) is 0 Å². The molecule has 2 unspecified atom stereocenters. The molecule has 1 fully saturated rings. The van der Waals surface area contributed by atoms with E-state index in [0.717, 1.165) is 19.3 Å². The molecule has 0 aliphatic heterocycles. The number of nitrogens with zero attached hydrogens (tertiary/aromatic N) is 2. The quantitative estimate of drug-likeness (QED) is 0.462. The average Bonchev–Trinajstić information content (AvgIpc) is 2.47. The second-order valence-electron chi connectivity index (χ2n) is 4.81. The maximum Gasteiger partial charge on any atom is 0.434 e. The summed E-state index contributed by atoms with van der Waals surface area (Å²) in [5.74, 6) is 0. The highest BCUT2D eigenvalue weighted by molar-refractivity contribution is 6.21. The third-order valence-corrected chi connectivity index (χ3v) is 3.32. The van der Waals surface area contributed by atoms with E-state index in [0.29, 0.717) is 0 Å². The summed E-state index contributed by atoms with van der Waals surface area (Å²) in [5.41, 5.74) is 0. The molecular formula is C13H25ClN4O3. The van der Waals surface area contributed by atoms with Crippen LogP contribution in [0.5, 0.6) is 0 Å². The fourth-order valence-electron chi connectivity index (χ4n) is 1.70. The van der Waals surface area contributed by atoms with Gasteiger partial charge in [-0.1, -0.05) is 12.8 Å². The molecule has 0 radical (unpaired) electrons. The summed E-state index contributed by atoms with van der Waals surface area (Å²) in [4.78, 5) is 26.2. The van der Waals surface area contributed by atoms with Gasteiger partial charge in [0.1, 0.15) is 0 Å². The summed E-state index contributed by atoms with van der Waals surface area (Å²) in [7, 11) is 6.44. The van der Waals surface area contributed by atoms with Gasteiger partial charge >= 0.3 is 12.1 Å². The van der Waals surface area contributed by atoms with Crippen LogP contribution in [-0.2, 0) is 4.74 Å². The van der Waals surface area contributed by atoms with Gasteiger partial charge < -0.3 is 20.3 Å². The lowest BCUT2D eigenvalue weighted by molar-refractivity contribution is 0.182. The molecule has 1 rings (SSSR count). The fourth-order valence-corrected chi connectivity index (χ4v) is 2.05. The highest BCUT2D eigenvalue weighted by atomic mass is 35.5.